The van der Waals surface area contributed by atoms with E-state index in [0.29, 0.717) is 5.39 Å². The van der Waals surface area contributed by atoms with Crippen molar-refractivity contribution < 1.29 is 22.6 Å². The van der Waals surface area contributed by atoms with E-state index < -0.39 is 12.4 Å². The fourth-order valence-corrected chi connectivity index (χ4v) is 2.98. The summed E-state index contributed by atoms with van der Waals surface area (Å²) in [4.78, 5) is 0. The number of benzene rings is 3. The molecular formula is C23H21F3O2. The monoisotopic (exact) mass is 386 g/mol. The molecule has 0 aliphatic heterocycles. The molecule has 3 rings (SSSR count). The first kappa shape index (κ1) is 19.8. The summed E-state index contributed by atoms with van der Waals surface area (Å²) in [5.74, 6) is -1.35. The zero-order valence-electron chi connectivity index (χ0n) is 15.7. The van der Waals surface area contributed by atoms with Crippen LogP contribution in [0.2, 0.25) is 0 Å². The lowest BCUT2D eigenvalue weighted by atomic mass is 9.99. The van der Waals surface area contributed by atoms with Crippen molar-refractivity contribution in [2.75, 3.05) is 6.61 Å². The number of hydrogen-bond donors (Lipinski definition) is 0. The molecule has 0 fully saturated rings. The summed E-state index contributed by atoms with van der Waals surface area (Å²) in [5, 5.41) is 0.745. The predicted molar refractivity (Wildman–Crippen MR) is 106 cm³/mol. The van der Waals surface area contributed by atoms with Crippen LogP contribution >= 0.6 is 0 Å². The molecule has 0 atom stereocenters. The van der Waals surface area contributed by atoms with Gasteiger partial charge in [0.1, 0.15) is 6.61 Å². The second-order valence-electron chi connectivity index (χ2n) is 6.26. The number of fused-ring (bicyclic) bond motifs is 1. The Balaban J connectivity index is 2.07. The van der Waals surface area contributed by atoms with Gasteiger partial charge in [0.2, 0.25) is 0 Å². The van der Waals surface area contributed by atoms with Crippen LogP contribution in [-0.2, 0) is 6.42 Å². The van der Waals surface area contributed by atoms with Crippen LogP contribution in [0.15, 0.2) is 60.7 Å². The third kappa shape index (κ3) is 4.30. The van der Waals surface area contributed by atoms with Crippen LogP contribution in [0.25, 0.3) is 21.9 Å². The van der Waals surface area contributed by atoms with E-state index in [0.717, 1.165) is 17.5 Å². The van der Waals surface area contributed by atoms with Crippen molar-refractivity contribution in [2.24, 2.45) is 0 Å². The van der Waals surface area contributed by atoms with Crippen LogP contribution in [0.5, 0.6) is 11.5 Å². The molecule has 0 amide bonds. The molecule has 2 nitrogen and oxygen atoms in total. The molecule has 0 aliphatic rings. The van der Waals surface area contributed by atoms with Gasteiger partial charge in [-0.1, -0.05) is 55.5 Å². The van der Waals surface area contributed by atoms with Crippen LogP contribution in [0.3, 0.4) is 0 Å². The number of ether oxygens (including phenoxy) is 2. The van der Waals surface area contributed by atoms with E-state index in [1.54, 1.807) is 37.3 Å². The second-order valence-corrected chi connectivity index (χ2v) is 6.26. The zero-order valence-corrected chi connectivity index (χ0v) is 15.7. The number of halogens is 3. The summed E-state index contributed by atoms with van der Waals surface area (Å²) in [5.41, 5.74) is 3.04. The van der Waals surface area contributed by atoms with E-state index in [2.05, 4.69) is 11.7 Å². The van der Waals surface area contributed by atoms with Gasteiger partial charge in [-0.05, 0) is 47.6 Å². The first-order chi connectivity index (χ1) is 13.5. The van der Waals surface area contributed by atoms with Crippen LogP contribution in [0.1, 0.15) is 19.4 Å². The minimum atomic E-state index is -3.08. The second kappa shape index (κ2) is 8.83. The van der Waals surface area contributed by atoms with E-state index in [1.165, 1.54) is 11.6 Å². The van der Waals surface area contributed by atoms with Crippen molar-refractivity contribution in [3.63, 3.8) is 0 Å². The lowest BCUT2D eigenvalue weighted by Gasteiger charge is -2.15. The van der Waals surface area contributed by atoms with E-state index >= 15 is 0 Å². The summed E-state index contributed by atoms with van der Waals surface area (Å²) < 4.78 is 50.5. The minimum Gasteiger partial charge on any atom is -0.483 e. The van der Waals surface area contributed by atoms with Crippen molar-refractivity contribution in [2.45, 2.75) is 26.9 Å². The molecule has 0 aromatic heterocycles. The first-order valence-corrected chi connectivity index (χ1v) is 9.07. The van der Waals surface area contributed by atoms with Crippen LogP contribution < -0.4 is 9.47 Å². The zero-order chi connectivity index (χ0) is 20.1. The Hall–Kier alpha value is -2.95. The fourth-order valence-electron chi connectivity index (χ4n) is 2.98. The maximum atomic E-state index is 15.0. The molecule has 5 heteroatoms. The normalized spacial score (nSPS) is 11.5. The Morgan fingerprint density at radius 1 is 1.00 bits per heavy atom. The van der Waals surface area contributed by atoms with Gasteiger partial charge in [0.05, 0.1) is 0 Å². The first-order valence-electron chi connectivity index (χ1n) is 9.07. The highest BCUT2D eigenvalue weighted by molar-refractivity contribution is 5.90. The summed E-state index contributed by atoms with van der Waals surface area (Å²) in [6.45, 7) is 0.839. The van der Waals surface area contributed by atoms with Crippen molar-refractivity contribution in [3.8, 4) is 22.6 Å². The van der Waals surface area contributed by atoms with E-state index in [-0.39, 0.29) is 23.5 Å². The molecule has 0 bridgehead atoms. The third-order valence-corrected chi connectivity index (χ3v) is 4.47. The highest BCUT2D eigenvalue weighted by atomic mass is 19.3. The van der Waals surface area contributed by atoms with Crippen LogP contribution in [0.4, 0.5) is 13.2 Å². The standard InChI is InChI=1S/C23H21F3O2/c1-3-5-12-27-22-20(28-23(25)26)14-18-13-17(10-11-19(18)21(22)24)16-8-6-15(4-2)7-9-16/h3,5-11,13-14,23H,4,12H2,1-2H3. The highest BCUT2D eigenvalue weighted by Gasteiger charge is 2.19. The Kier molecular flexibility index (Phi) is 6.24. The Labute approximate surface area is 162 Å². The Bertz CT molecular complexity index is 979. The van der Waals surface area contributed by atoms with Crippen molar-refractivity contribution >= 4 is 10.8 Å². The topological polar surface area (TPSA) is 18.5 Å². The SMILES string of the molecule is CC=CCOc1c(OC(F)F)cc2cc(-c3ccc(CC)cc3)ccc2c1F. The van der Waals surface area contributed by atoms with E-state index in [9.17, 15) is 13.2 Å². The van der Waals surface area contributed by atoms with Gasteiger partial charge < -0.3 is 9.47 Å². The predicted octanol–water partition coefficient (Wildman–Crippen LogP) is 6.76. The largest absolute Gasteiger partial charge is 0.483 e. The number of allylic oxidation sites excluding steroid dienone is 1. The summed E-state index contributed by atoms with van der Waals surface area (Å²) >= 11 is 0. The summed E-state index contributed by atoms with van der Waals surface area (Å²) in [7, 11) is 0. The number of alkyl halides is 2. The van der Waals surface area contributed by atoms with Gasteiger partial charge >= 0.3 is 6.61 Å². The van der Waals surface area contributed by atoms with Gasteiger partial charge in [-0.2, -0.15) is 8.78 Å². The lowest BCUT2D eigenvalue weighted by molar-refractivity contribution is -0.0515. The molecule has 0 aliphatic carbocycles. The van der Waals surface area contributed by atoms with Crippen LogP contribution in [-0.4, -0.2) is 13.2 Å². The maximum Gasteiger partial charge on any atom is 0.387 e. The quantitative estimate of drug-likeness (QED) is 0.418. The smallest absolute Gasteiger partial charge is 0.387 e. The fraction of sp³-hybridized carbons (Fsp3) is 0.217. The molecule has 0 saturated heterocycles. The van der Waals surface area contributed by atoms with Gasteiger partial charge in [0, 0.05) is 5.39 Å². The van der Waals surface area contributed by atoms with Crippen LogP contribution in [0, 0.1) is 5.82 Å². The molecule has 0 heterocycles. The number of hydrogen-bond acceptors (Lipinski definition) is 2. The summed E-state index contributed by atoms with van der Waals surface area (Å²) in [6.07, 6.45) is 4.31. The molecule has 0 saturated carbocycles. The lowest BCUT2D eigenvalue weighted by Crippen LogP contribution is -2.06. The molecule has 0 spiro atoms. The van der Waals surface area contributed by atoms with Crippen molar-refractivity contribution in [1.82, 2.24) is 0 Å². The van der Waals surface area contributed by atoms with Gasteiger partial charge in [0.15, 0.2) is 17.3 Å². The maximum absolute atomic E-state index is 15.0. The van der Waals surface area contributed by atoms with Crippen molar-refractivity contribution in [1.29, 1.82) is 0 Å². The molecule has 0 N–H and O–H groups in total. The van der Waals surface area contributed by atoms with Gasteiger partial charge in [-0.25, -0.2) is 4.39 Å². The minimum absolute atomic E-state index is 0.0559. The molecule has 28 heavy (non-hydrogen) atoms. The third-order valence-electron chi connectivity index (χ3n) is 4.47. The molecule has 3 aromatic rings. The Morgan fingerprint density at radius 2 is 1.71 bits per heavy atom. The van der Waals surface area contributed by atoms with Gasteiger partial charge in [0.25, 0.3) is 0 Å². The Morgan fingerprint density at radius 3 is 2.36 bits per heavy atom. The molecule has 0 radical (unpaired) electrons. The highest BCUT2D eigenvalue weighted by Crippen LogP contribution is 2.38. The summed E-state index contributed by atoms with van der Waals surface area (Å²) in [6, 6.07) is 14.6. The average molecular weight is 386 g/mol. The molecule has 3 aromatic carbocycles. The molecule has 0 unspecified atom stereocenters. The van der Waals surface area contributed by atoms with Gasteiger partial charge in [-0.3, -0.25) is 0 Å². The molecular weight excluding hydrogens is 365 g/mol. The number of rotatable bonds is 7. The average Bonchev–Trinajstić information content (AvgIpc) is 2.69. The van der Waals surface area contributed by atoms with Gasteiger partial charge in [-0.15, -0.1) is 0 Å². The van der Waals surface area contributed by atoms with Crippen molar-refractivity contribution in [3.05, 3.63) is 72.1 Å². The number of aryl methyl sites for hydroxylation is 1. The van der Waals surface area contributed by atoms with E-state index in [4.69, 9.17) is 4.74 Å². The van der Waals surface area contributed by atoms with E-state index in [1.807, 2.05) is 24.3 Å². The molecule has 146 valence electrons.